The van der Waals surface area contributed by atoms with Crippen LogP contribution in [0.3, 0.4) is 0 Å². The fourth-order valence-electron chi connectivity index (χ4n) is 2.34. The molecule has 0 aliphatic carbocycles. The van der Waals surface area contributed by atoms with Crippen molar-refractivity contribution >= 4 is 6.03 Å². The molecule has 0 radical (unpaired) electrons. The number of ether oxygens (including phenoxy) is 1. The van der Waals surface area contributed by atoms with Crippen LogP contribution in [0.5, 0.6) is 0 Å². The van der Waals surface area contributed by atoms with Gasteiger partial charge in [0.1, 0.15) is 0 Å². The summed E-state index contributed by atoms with van der Waals surface area (Å²) in [5.74, 6) is 0. The molecule has 20 heavy (non-hydrogen) atoms. The van der Waals surface area contributed by atoms with E-state index in [0.717, 1.165) is 52.0 Å². The van der Waals surface area contributed by atoms with Gasteiger partial charge in [-0.25, -0.2) is 4.79 Å². The van der Waals surface area contributed by atoms with Crippen LogP contribution in [0.2, 0.25) is 0 Å². The van der Waals surface area contributed by atoms with Crippen LogP contribution >= 0.6 is 0 Å². The SMILES string of the molecule is CCCCOCCCNC(=O)NC1CCN(C(C)C)C1. The maximum atomic E-state index is 11.7. The molecule has 1 fully saturated rings. The number of hydrogen-bond donors (Lipinski definition) is 2. The highest BCUT2D eigenvalue weighted by Gasteiger charge is 2.24. The summed E-state index contributed by atoms with van der Waals surface area (Å²) < 4.78 is 5.45. The zero-order valence-corrected chi connectivity index (χ0v) is 13.3. The first kappa shape index (κ1) is 17.2. The molecule has 0 aromatic carbocycles. The van der Waals surface area contributed by atoms with E-state index in [2.05, 4.69) is 36.3 Å². The lowest BCUT2D eigenvalue weighted by Crippen LogP contribution is -2.44. The lowest BCUT2D eigenvalue weighted by Gasteiger charge is -2.20. The highest BCUT2D eigenvalue weighted by Crippen LogP contribution is 2.11. The Morgan fingerprint density at radius 2 is 2.10 bits per heavy atom. The van der Waals surface area contributed by atoms with Crippen molar-refractivity contribution in [1.82, 2.24) is 15.5 Å². The summed E-state index contributed by atoms with van der Waals surface area (Å²) in [6.45, 7) is 10.8. The number of rotatable bonds is 9. The van der Waals surface area contributed by atoms with Gasteiger partial charge in [-0.2, -0.15) is 0 Å². The minimum absolute atomic E-state index is 0.0471. The van der Waals surface area contributed by atoms with Crippen LogP contribution in [-0.4, -0.2) is 55.9 Å². The fraction of sp³-hybridized carbons (Fsp3) is 0.933. The van der Waals surface area contributed by atoms with Crippen molar-refractivity contribution in [2.24, 2.45) is 0 Å². The lowest BCUT2D eigenvalue weighted by molar-refractivity contribution is 0.129. The van der Waals surface area contributed by atoms with E-state index in [-0.39, 0.29) is 6.03 Å². The van der Waals surface area contributed by atoms with Crippen LogP contribution in [0, 0.1) is 0 Å². The van der Waals surface area contributed by atoms with Crippen LogP contribution in [0.15, 0.2) is 0 Å². The Bertz CT molecular complexity index is 272. The first-order valence-electron chi connectivity index (χ1n) is 7.99. The summed E-state index contributed by atoms with van der Waals surface area (Å²) >= 11 is 0. The van der Waals surface area contributed by atoms with Crippen LogP contribution < -0.4 is 10.6 Å². The quantitative estimate of drug-likeness (QED) is 0.637. The van der Waals surface area contributed by atoms with Gasteiger partial charge in [-0.15, -0.1) is 0 Å². The highest BCUT2D eigenvalue weighted by molar-refractivity contribution is 5.74. The normalized spacial score (nSPS) is 19.5. The predicted molar refractivity (Wildman–Crippen MR) is 82.0 cm³/mol. The second-order valence-electron chi connectivity index (χ2n) is 5.79. The molecule has 1 saturated heterocycles. The number of unbranched alkanes of at least 4 members (excludes halogenated alkanes) is 1. The lowest BCUT2D eigenvalue weighted by atomic mass is 10.3. The molecule has 2 N–H and O–H groups in total. The monoisotopic (exact) mass is 285 g/mol. The molecule has 1 aliphatic heterocycles. The van der Waals surface area contributed by atoms with Crippen molar-refractivity contribution in [3.05, 3.63) is 0 Å². The van der Waals surface area contributed by atoms with E-state index < -0.39 is 0 Å². The first-order chi connectivity index (χ1) is 9.63. The third-order valence-corrected chi connectivity index (χ3v) is 3.68. The number of hydrogen-bond acceptors (Lipinski definition) is 3. The molecule has 1 rings (SSSR count). The Labute approximate surface area is 123 Å². The molecule has 1 atom stereocenters. The first-order valence-corrected chi connectivity index (χ1v) is 7.99. The number of nitrogens with one attached hydrogen (secondary N) is 2. The summed E-state index contributed by atoms with van der Waals surface area (Å²) in [5.41, 5.74) is 0. The maximum Gasteiger partial charge on any atom is 0.315 e. The second kappa shape index (κ2) is 10.00. The largest absolute Gasteiger partial charge is 0.381 e. The zero-order valence-electron chi connectivity index (χ0n) is 13.3. The molecule has 0 bridgehead atoms. The van der Waals surface area contributed by atoms with Crippen LogP contribution in [0.1, 0.15) is 46.5 Å². The molecule has 118 valence electrons. The van der Waals surface area contributed by atoms with Gasteiger partial charge in [0.15, 0.2) is 0 Å². The molecule has 5 heteroatoms. The van der Waals surface area contributed by atoms with Gasteiger partial charge in [-0.05, 0) is 33.1 Å². The summed E-state index contributed by atoms with van der Waals surface area (Å²) in [6.07, 6.45) is 4.20. The Morgan fingerprint density at radius 3 is 2.75 bits per heavy atom. The Hall–Kier alpha value is -0.810. The van der Waals surface area contributed by atoms with Gasteiger partial charge in [0, 0.05) is 44.9 Å². The van der Waals surface area contributed by atoms with Gasteiger partial charge in [-0.1, -0.05) is 13.3 Å². The van der Waals surface area contributed by atoms with E-state index >= 15 is 0 Å². The highest BCUT2D eigenvalue weighted by atomic mass is 16.5. The van der Waals surface area contributed by atoms with Crippen LogP contribution in [0.25, 0.3) is 0 Å². The molecule has 1 unspecified atom stereocenters. The van der Waals surface area contributed by atoms with Gasteiger partial charge >= 0.3 is 6.03 Å². The van der Waals surface area contributed by atoms with Crippen LogP contribution in [-0.2, 0) is 4.74 Å². The second-order valence-corrected chi connectivity index (χ2v) is 5.79. The number of urea groups is 1. The molecule has 0 aromatic heterocycles. The minimum Gasteiger partial charge on any atom is -0.381 e. The summed E-state index contributed by atoms with van der Waals surface area (Å²) in [4.78, 5) is 14.1. The Morgan fingerprint density at radius 1 is 1.35 bits per heavy atom. The molecule has 0 spiro atoms. The number of likely N-dealkylation sites (tertiary alicyclic amines) is 1. The minimum atomic E-state index is -0.0471. The Kier molecular flexibility index (Phi) is 8.62. The van der Waals surface area contributed by atoms with E-state index in [0.29, 0.717) is 18.6 Å². The van der Waals surface area contributed by atoms with E-state index in [4.69, 9.17) is 4.74 Å². The van der Waals surface area contributed by atoms with Crippen molar-refractivity contribution in [2.45, 2.75) is 58.5 Å². The number of carbonyl (C=O) groups excluding carboxylic acids is 1. The topological polar surface area (TPSA) is 53.6 Å². The third kappa shape index (κ3) is 7.10. The van der Waals surface area contributed by atoms with Crippen molar-refractivity contribution in [3.63, 3.8) is 0 Å². The van der Waals surface area contributed by atoms with Crippen molar-refractivity contribution in [2.75, 3.05) is 32.8 Å². The molecule has 1 aliphatic rings. The number of nitrogens with zero attached hydrogens (tertiary/aromatic N) is 1. The standard InChI is InChI=1S/C15H31N3O2/c1-4-5-10-20-11-6-8-16-15(19)17-14-7-9-18(12-14)13(2)3/h13-14H,4-12H2,1-3H3,(H2,16,17,19). The van der Waals surface area contributed by atoms with Crippen molar-refractivity contribution in [3.8, 4) is 0 Å². The third-order valence-electron chi connectivity index (χ3n) is 3.68. The van der Waals surface area contributed by atoms with Gasteiger partial charge in [0.25, 0.3) is 0 Å². The number of carbonyl (C=O) groups is 1. The molecule has 0 aromatic rings. The van der Waals surface area contributed by atoms with Crippen LogP contribution in [0.4, 0.5) is 4.79 Å². The number of amides is 2. The van der Waals surface area contributed by atoms with E-state index in [1.807, 2.05) is 0 Å². The maximum absolute atomic E-state index is 11.7. The smallest absolute Gasteiger partial charge is 0.315 e. The van der Waals surface area contributed by atoms with E-state index in [1.165, 1.54) is 0 Å². The predicted octanol–water partition coefficient (Wildman–Crippen LogP) is 1.98. The Balaban J connectivity index is 1.98. The van der Waals surface area contributed by atoms with E-state index in [1.54, 1.807) is 0 Å². The van der Waals surface area contributed by atoms with Gasteiger partial charge < -0.3 is 15.4 Å². The molecule has 2 amide bonds. The fourth-order valence-corrected chi connectivity index (χ4v) is 2.34. The molecule has 5 nitrogen and oxygen atoms in total. The average molecular weight is 285 g/mol. The van der Waals surface area contributed by atoms with Crippen molar-refractivity contribution < 1.29 is 9.53 Å². The molecular weight excluding hydrogens is 254 g/mol. The molecule has 1 heterocycles. The molecule has 0 saturated carbocycles. The zero-order chi connectivity index (χ0) is 14.8. The molecular formula is C15H31N3O2. The van der Waals surface area contributed by atoms with Gasteiger partial charge in [-0.3, -0.25) is 4.90 Å². The van der Waals surface area contributed by atoms with E-state index in [9.17, 15) is 4.79 Å². The summed E-state index contributed by atoms with van der Waals surface area (Å²) in [5, 5.41) is 5.94. The summed E-state index contributed by atoms with van der Waals surface area (Å²) in [7, 11) is 0. The van der Waals surface area contributed by atoms with Gasteiger partial charge in [0.2, 0.25) is 0 Å². The average Bonchev–Trinajstić information content (AvgIpc) is 2.86. The van der Waals surface area contributed by atoms with Crippen molar-refractivity contribution in [1.29, 1.82) is 0 Å². The summed E-state index contributed by atoms with van der Waals surface area (Å²) in [6, 6.07) is 0.803. The van der Waals surface area contributed by atoms with Gasteiger partial charge in [0.05, 0.1) is 0 Å².